The van der Waals surface area contributed by atoms with E-state index in [0.717, 1.165) is 17.5 Å². The van der Waals surface area contributed by atoms with Crippen molar-refractivity contribution in [2.75, 3.05) is 10.6 Å². The van der Waals surface area contributed by atoms with Gasteiger partial charge in [-0.1, -0.05) is 0 Å². The Kier molecular flexibility index (Phi) is 4.56. The summed E-state index contributed by atoms with van der Waals surface area (Å²) < 4.78 is 8.12. The lowest BCUT2D eigenvalue weighted by molar-refractivity contribution is -0.117. The number of hydrogen-bond donors (Lipinski definition) is 2. The van der Waals surface area contributed by atoms with Gasteiger partial charge < -0.3 is 15.1 Å². The average Bonchev–Trinajstić information content (AvgIpc) is 3.23. The molecule has 0 spiro atoms. The first-order valence-electron chi connectivity index (χ1n) is 8.92. The molecule has 0 aliphatic heterocycles. The quantitative estimate of drug-likeness (QED) is 0.680. The molecule has 1 fully saturated rings. The second-order valence-corrected chi connectivity index (χ2v) is 6.65. The molecule has 2 amide bonds. The fourth-order valence-corrected chi connectivity index (χ4v) is 2.94. The van der Waals surface area contributed by atoms with E-state index in [0.29, 0.717) is 23.0 Å². The van der Waals surface area contributed by atoms with Crippen LogP contribution in [0.5, 0.6) is 0 Å². The van der Waals surface area contributed by atoms with E-state index in [9.17, 15) is 14.4 Å². The maximum Gasteiger partial charge on any atom is 0.347 e. The highest BCUT2D eigenvalue weighted by atomic mass is 16.3. The van der Waals surface area contributed by atoms with E-state index in [2.05, 4.69) is 15.7 Å². The predicted octanol–water partition coefficient (Wildman–Crippen LogP) is 2.24. The number of nitrogens with one attached hydrogen (secondary N) is 2. The molecule has 144 valence electrons. The van der Waals surface area contributed by atoms with Crippen molar-refractivity contribution in [2.24, 2.45) is 0 Å². The molecule has 2 N–H and O–H groups in total. The molecule has 0 radical (unpaired) electrons. The zero-order valence-corrected chi connectivity index (χ0v) is 15.2. The highest BCUT2D eigenvalue weighted by molar-refractivity contribution is 5.92. The molecular formula is C19H19N5O4. The summed E-state index contributed by atoms with van der Waals surface area (Å²) in [6.45, 7) is 1.21. The number of furan rings is 1. The molecule has 4 rings (SSSR count). The lowest BCUT2D eigenvalue weighted by Crippen LogP contribution is -2.30. The Morgan fingerprint density at radius 2 is 1.82 bits per heavy atom. The molecule has 9 heteroatoms. The Hall–Kier alpha value is -3.62. The van der Waals surface area contributed by atoms with E-state index >= 15 is 0 Å². The van der Waals surface area contributed by atoms with Crippen LogP contribution < -0.4 is 16.3 Å². The van der Waals surface area contributed by atoms with E-state index < -0.39 is 0 Å². The molecule has 1 aliphatic carbocycles. The first kappa shape index (κ1) is 17.8. The van der Waals surface area contributed by atoms with Crippen molar-refractivity contribution in [1.29, 1.82) is 0 Å². The summed E-state index contributed by atoms with van der Waals surface area (Å²) in [5.41, 5.74) is 0.859. The van der Waals surface area contributed by atoms with Crippen LogP contribution in [0.1, 0.15) is 25.8 Å². The zero-order chi connectivity index (χ0) is 19.7. The van der Waals surface area contributed by atoms with Gasteiger partial charge in [-0.25, -0.2) is 9.48 Å². The van der Waals surface area contributed by atoms with Crippen LogP contribution in [-0.2, 0) is 16.1 Å². The topological polar surface area (TPSA) is 111 Å². The van der Waals surface area contributed by atoms with Crippen molar-refractivity contribution >= 4 is 23.2 Å². The largest absolute Gasteiger partial charge is 0.461 e. The molecule has 2 heterocycles. The van der Waals surface area contributed by atoms with E-state index in [1.165, 1.54) is 13.2 Å². The van der Waals surface area contributed by atoms with Gasteiger partial charge in [-0.3, -0.25) is 14.2 Å². The van der Waals surface area contributed by atoms with E-state index in [4.69, 9.17) is 4.42 Å². The number of amides is 2. The van der Waals surface area contributed by atoms with Gasteiger partial charge in [0.25, 0.3) is 0 Å². The van der Waals surface area contributed by atoms with Crippen LogP contribution in [0.25, 0.3) is 11.6 Å². The second kappa shape index (κ2) is 7.18. The van der Waals surface area contributed by atoms with Crippen LogP contribution in [0.15, 0.2) is 51.9 Å². The van der Waals surface area contributed by atoms with E-state index in [1.54, 1.807) is 41.0 Å². The van der Waals surface area contributed by atoms with Crippen molar-refractivity contribution in [3.63, 3.8) is 0 Å². The number of carbonyl (C=O) groups is 2. The van der Waals surface area contributed by atoms with Crippen LogP contribution in [0.2, 0.25) is 0 Å². The van der Waals surface area contributed by atoms with E-state index in [-0.39, 0.29) is 30.1 Å². The number of benzene rings is 1. The number of anilines is 2. The van der Waals surface area contributed by atoms with Gasteiger partial charge in [0.1, 0.15) is 6.54 Å². The number of aromatic nitrogens is 3. The van der Waals surface area contributed by atoms with Gasteiger partial charge in [0.15, 0.2) is 5.76 Å². The summed E-state index contributed by atoms with van der Waals surface area (Å²) >= 11 is 0. The van der Waals surface area contributed by atoms with Crippen LogP contribution in [0, 0.1) is 0 Å². The van der Waals surface area contributed by atoms with Gasteiger partial charge in [-0.15, -0.1) is 5.10 Å². The number of rotatable bonds is 6. The molecule has 28 heavy (non-hydrogen) atoms. The van der Waals surface area contributed by atoms with Crippen molar-refractivity contribution < 1.29 is 14.0 Å². The van der Waals surface area contributed by atoms with Gasteiger partial charge in [-0.05, 0) is 49.2 Å². The minimum atomic E-state index is -0.374. The third kappa shape index (κ3) is 3.73. The molecular weight excluding hydrogens is 362 g/mol. The van der Waals surface area contributed by atoms with Crippen LogP contribution in [-0.4, -0.2) is 26.2 Å². The van der Waals surface area contributed by atoms with E-state index in [1.807, 2.05) is 0 Å². The van der Waals surface area contributed by atoms with Gasteiger partial charge >= 0.3 is 5.69 Å². The van der Waals surface area contributed by atoms with Crippen molar-refractivity contribution in [3.8, 4) is 11.6 Å². The lowest BCUT2D eigenvalue weighted by atomic mass is 10.2. The molecule has 1 aromatic carbocycles. The Balaban J connectivity index is 1.50. The minimum absolute atomic E-state index is 0.103. The molecule has 0 saturated heterocycles. The Morgan fingerprint density at radius 1 is 1.14 bits per heavy atom. The van der Waals surface area contributed by atoms with Crippen molar-refractivity contribution in [1.82, 2.24) is 14.3 Å². The Bertz CT molecular complexity index is 1060. The normalized spacial score (nSPS) is 13.3. The number of carbonyl (C=O) groups excluding carboxylic acids is 2. The fourth-order valence-electron chi connectivity index (χ4n) is 2.94. The van der Waals surface area contributed by atoms with Crippen LogP contribution in [0.4, 0.5) is 11.4 Å². The SMILES string of the molecule is CC(=O)Nc1ccc(NC(=O)Cn2nc(-c3ccco3)n(C3CC3)c2=O)cc1. The molecule has 0 bridgehead atoms. The number of nitrogens with zero attached hydrogens (tertiary/aromatic N) is 3. The highest BCUT2D eigenvalue weighted by Gasteiger charge is 2.31. The smallest absolute Gasteiger partial charge is 0.347 e. The van der Waals surface area contributed by atoms with Crippen molar-refractivity contribution in [2.45, 2.75) is 32.4 Å². The Morgan fingerprint density at radius 3 is 2.39 bits per heavy atom. The number of hydrogen-bond acceptors (Lipinski definition) is 5. The second-order valence-electron chi connectivity index (χ2n) is 6.65. The summed E-state index contributed by atoms with van der Waals surface area (Å²) in [6, 6.07) is 10.3. The maximum absolute atomic E-state index is 12.7. The van der Waals surface area contributed by atoms with Crippen LogP contribution >= 0.6 is 0 Å². The summed E-state index contributed by atoms with van der Waals surface area (Å²) in [7, 11) is 0. The first-order chi connectivity index (χ1) is 13.5. The lowest BCUT2D eigenvalue weighted by Gasteiger charge is -2.06. The third-order valence-corrected chi connectivity index (χ3v) is 4.31. The zero-order valence-electron chi connectivity index (χ0n) is 15.2. The van der Waals surface area contributed by atoms with Gasteiger partial charge in [-0.2, -0.15) is 0 Å². The average molecular weight is 381 g/mol. The molecule has 9 nitrogen and oxygen atoms in total. The molecule has 2 aromatic heterocycles. The highest BCUT2D eigenvalue weighted by Crippen LogP contribution is 2.36. The molecule has 1 aliphatic rings. The third-order valence-electron chi connectivity index (χ3n) is 4.31. The predicted molar refractivity (Wildman–Crippen MR) is 102 cm³/mol. The first-order valence-corrected chi connectivity index (χ1v) is 8.92. The Labute approximate surface area is 160 Å². The maximum atomic E-state index is 12.7. The molecule has 1 saturated carbocycles. The summed E-state index contributed by atoms with van der Waals surface area (Å²) in [5.74, 6) is 0.386. The minimum Gasteiger partial charge on any atom is -0.461 e. The van der Waals surface area contributed by atoms with Crippen LogP contribution in [0.3, 0.4) is 0 Å². The van der Waals surface area contributed by atoms with Gasteiger partial charge in [0, 0.05) is 24.3 Å². The fraction of sp³-hybridized carbons (Fsp3) is 0.263. The van der Waals surface area contributed by atoms with Crippen molar-refractivity contribution in [3.05, 3.63) is 53.1 Å². The molecule has 0 atom stereocenters. The summed E-state index contributed by atoms with van der Waals surface area (Å²) in [5, 5.41) is 9.68. The molecule has 3 aromatic rings. The monoisotopic (exact) mass is 381 g/mol. The molecule has 0 unspecified atom stereocenters. The standard InChI is InChI=1S/C19H19N5O4/c1-12(25)20-13-4-6-14(7-5-13)21-17(26)11-23-19(27)24(15-8-9-15)18(22-23)16-3-2-10-28-16/h2-7,10,15H,8-9,11H2,1H3,(H,20,25)(H,21,26). The van der Waals surface area contributed by atoms with Gasteiger partial charge in [0.2, 0.25) is 17.6 Å². The summed E-state index contributed by atoms with van der Waals surface area (Å²) in [4.78, 5) is 36.1. The van der Waals surface area contributed by atoms with Gasteiger partial charge in [0.05, 0.1) is 6.26 Å². The summed E-state index contributed by atoms with van der Waals surface area (Å²) in [6.07, 6.45) is 3.34.